The normalized spacial score (nSPS) is 12.0. The van der Waals surface area contributed by atoms with E-state index in [9.17, 15) is 30.3 Å². The van der Waals surface area contributed by atoms with Crippen molar-refractivity contribution in [2.24, 2.45) is 0 Å². The molecule has 9 rings (SSSR count). The van der Waals surface area contributed by atoms with E-state index in [0.717, 1.165) is 67.0 Å². The van der Waals surface area contributed by atoms with Gasteiger partial charge in [-0.2, -0.15) is 0 Å². The lowest BCUT2D eigenvalue weighted by molar-refractivity contribution is 0.444. The molecule has 0 atom stereocenters. The largest absolute Gasteiger partial charge is 0.506 e. The summed E-state index contributed by atoms with van der Waals surface area (Å²) in [6.45, 7) is 0. The van der Waals surface area contributed by atoms with Crippen LogP contribution in [0.5, 0.6) is 28.7 Å². The summed E-state index contributed by atoms with van der Waals surface area (Å²) in [6.07, 6.45) is 23.4. The topological polar surface area (TPSA) is 170 Å². The van der Waals surface area contributed by atoms with E-state index in [1.54, 1.807) is 12.2 Å². The first-order chi connectivity index (χ1) is 34.9. The summed E-state index contributed by atoms with van der Waals surface area (Å²) in [7, 11) is 0. The third-order valence-electron chi connectivity index (χ3n) is 12.1. The highest BCUT2D eigenvalue weighted by atomic mass is 16.3. The fourth-order valence-corrected chi connectivity index (χ4v) is 8.08. The highest BCUT2D eigenvalue weighted by Gasteiger charge is 2.38. The van der Waals surface area contributed by atoms with Crippen LogP contribution in [0.2, 0.25) is 0 Å². The van der Waals surface area contributed by atoms with Crippen molar-refractivity contribution in [2.45, 2.75) is 0 Å². The highest BCUT2D eigenvalue weighted by molar-refractivity contribution is 5.97. The summed E-state index contributed by atoms with van der Waals surface area (Å²) < 4.78 is 0. The third kappa shape index (κ3) is 11.3. The van der Waals surface area contributed by atoms with E-state index in [1.807, 2.05) is 146 Å². The maximum Gasteiger partial charge on any atom is 0.268 e. The zero-order valence-electron chi connectivity index (χ0n) is 38.9. The Hall–Kier alpha value is -9.92. The van der Waals surface area contributed by atoms with Gasteiger partial charge in [-0.3, -0.25) is 4.79 Å². The second-order valence-corrected chi connectivity index (χ2v) is 17.3. The summed E-state index contributed by atoms with van der Waals surface area (Å²) in [5.74, 6) is -2.31. The van der Waals surface area contributed by atoms with Crippen molar-refractivity contribution in [3.8, 4) is 51.0 Å². The molecule has 0 aromatic heterocycles. The fraction of sp³-hybridized carbons (Fsp3) is 0. The molecule has 0 aliphatic carbocycles. The van der Waals surface area contributed by atoms with Gasteiger partial charge in [0.2, 0.25) is 5.75 Å². The summed E-state index contributed by atoms with van der Waals surface area (Å²) in [5, 5.41) is 55.1. The number of rotatable bonds is 14. The molecular weight excluding hydrogens is 893 g/mol. The van der Waals surface area contributed by atoms with E-state index in [0.29, 0.717) is 11.1 Å². The van der Waals surface area contributed by atoms with E-state index in [4.69, 9.17) is 11.5 Å². The van der Waals surface area contributed by atoms with Crippen LogP contribution in [-0.2, 0) is 0 Å². The monoisotopic (exact) mass is 941 g/mol. The average Bonchev–Trinajstić information content (AvgIpc) is 3.39. The van der Waals surface area contributed by atoms with Crippen LogP contribution in [0.15, 0.2) is 175 Å². The molecule has 350 valence electrons. The van der Waals surface area contributed by atoms with Crippen LogP contribution in [0.4, 0.5) is 11.4 Å². The minimum absolute atomic E-state index is 0.257. The van der Waals surface area contributed by atoms with Gasteiger partial charge in [-0.05, 0) is 103 Å². The maximum absolute atomic E-state index is 13.5. The summed E-state index contributed by atoms with van der Waals surface area (Å²) >= 11 is 0. The summed E-state index contributed by atoms with van der Waals surface area (Å²) in [6, 6.07) is 53.1. The van der Waals surface area contributed by atoms with Crippen molar-refractivity contribution < 1.29 is 25.5 Å². The molecule has 9 aromatic rings. The number of phenolic OH excluding ortho intramolecular Hbond substituents is 4. The number of phenols is 4. The van der Waals surface area contributed by atoms with Gasteiger partial charge in [-0.25, -0.2) is 0 Å². The molecule has 0 bridgehead atoms. The van der Waals surface area contributed by atoms with Crippen molar-refractivity contribution in [1.29, 1.82) is 0 Å². The van der Waals surface area contributed by atoms with Crippen LogP contribution in [0.3, 0.4) is 0 Å². The lowest BCUT2D eigenvalue weighted by atomic mass is 9.87. The molecule has 0 radical (unpaired) electrons. The van der Waals surface area contributed by atoms with Gasteiger partial charge >= 0.3 is 0 Å². The second-order valence-electron chi connectivity index (χ2n) is 17.3. The van der Waals surface area contributed by atoms with Gasteiger partial charge < -0.3 is 37.0 Å². The van der Waals surface area contributed by atoms with E-state index in [1.165, 1.54) is 24.3 Å². The molecule has 0 fully saturated rings. The second kappa shape index (κ2) is 21.2. The Labute approximate surface area is 417 Å². The van der Waals surface area contributed by atoms with Crippen LogP contribution >= 0.6 is 0 Å². The Balaban J connectivity index is 0.800. The number of nitrogens with two attached hydrogens (primary N) is 2. The number of anilines is 2. The molecule has 8 nitrogen and oxygen atoms in total. The van der Waals surface area contributed by atoms with E-state index >= 15 is 0 Å². The molecule has 0 amide bonds. The number of aromatic hydroxyl groups is 5. The molecule has 8 heteroatoms. The minimum Gasteiger partial charge on any atom is -0.506 e. The predicted octanol–water partition coefficient (Wildman–Crippen LogP) is 14.3. The SMILES string of the molecule is Nc1ccc(/C=C/c2ccc(/C=C/c3ccc(/C=C/c4cc(O)c(-c5c(O)[c+](-c6c(O)cc(/C=C/c7ccc(/C=C/c8ccc(/C=C/c9ccc(N)cc9)cc8)cc7)cc6O)c5=O)c(O)c4)cc3)cc2)cc1. The van der Waals surface area contributed by atoms with E-state index in [2.05, 4.69) is 60.7 Å². The van der Waals surface area contributed by atoms with E-state index in [-0.39, 0.29) is 22.3 Å². The average molecular weight is 942 g/mol. The summed E-state index contributed by atoms with van der Waals surface area (Å²) in [5.41, 5.74) is 22.2. The standard InChI is InChI=1S/C64H48N2O6/c65-53-33-29-49(30-34-53)23-21-45-9-5-41(6-10-45)1-3-43-13-17-47(18-14-43)25-27-51-37-55(67)59(56(68)38-51)61-63(71)62(64(61)72)60-57(69)39-52(40-58(60)70)28-26-48-19-15-44(16-20-48)4-2-42-7-11-46(12-8-42)22-24-50-31-35-54(66)36-32-50/h1-40H,65-66H2,(H4-,67,68,69,70,71,72)/p+1/b3-1+,4-2+,23-21+,24-22+,27-25+,28-26+. The molecule has 0 heterocycles. The van der Waals surface area contributed by atoms with Crippen molar-refractivity contribution in [3.05, 3.63) is 247 Å². The summed E-state index contributed by atoms with van der Waals surface area (Å²) in [4.78, 5) is 13.5. The highest BCUT2D eigenvalue weighted by Crippen LogP contribution is 2.50. The van der Waals surface area contributed by atoms with Crippen LogP contribution in [-0.4, -0.2) is 25.5 Å². The molecule has 0 saturated carbocycles. The zero-order valence-corrected chi connectivity index (χ0v) is 38.9. The van der Waals surface area contributed by atoms with Gasteiger partial charge in [-0.15, -0.1) is 0 Å². The van der Waals surface area contributed by atoms with Crippen molar-refractivity contribution in [1.82, 2.24) is 0 Å². The fourth-order valence-electron chi connectivity index (χ4n) is 8.08. The van der Waals surface area contributed by atoms with Crippen molar-refractivity contribution in [3.63, 3.8) is 0 Å². The molecule has 0 aliphatic rings. The molecule has 0 aliphatic heterocycles. The molecule has 9 N–H and O–H groups in total. The van der Waals surface area contributed by atoms with Crippen LogP contribution < -0.4 is 16.9 Å². The first-order valence-corrected chi connectivity index (χ1v) is 23.1. The van der Waals surface area contributed by atoms with Gasteiger partial charge in [0.1, 0.15) is 22.6 Å². The lowest BCUT2D eigenvalue weighted by Gasteiger charge is -2.13. The maximum atomic E-state index is 13.5. The van der Waals surface area contributed by atoms with Gasteiger partial charge in [0, 0.05) is 23.5 Å². The number of hydrogen-bond acceptors (Lipinski definition) is 8. The van der Waals surface area contributed by atoms with Crippen LogP contribution in [0.25, 0.3) is 95.2 Å². The third-order valence-corrected chi connectivity index (χ3v) is 12.1. The van der Waals surface area contributed by atoms with Crippen molar-refractivity contribution >= 4 is 84.3 Å². The van der Waals surface area contributed by atoms with Gasteiger partial charge in [0.05, 0.1) is 0 Å². The minimum atomic E-state index is -0.766. The van der Waals surface area contributed by atoms with Gasteiger partial charge in [0.15, 0.2) is 22.6 Å². The van der Waals surface area contributed by atoms with Crippen molar-refractivity contribution in [2.75, 3.05) is 11.5 Å². The van der Waals surface area contributed by atoms with E-state index < -0.39 is 34.2 Å². The zero-order chi connectivity index (χ0) is 50.1. The predicted molar refractivity (Wildman–Crippen MR) is 300 cm³/mol. The smallest absolute Gasteiger partial charge is 0.268 e. The Morgan fingerprint density at radius 1 is 0.292 bits per heavy atom. The molecule has 9 aromatic carbocycles. The Morgan fingerprint density at radius 3 is 0.736 bits per heavy atom. The molecule has 0 saturated heterocycles. The quantitative estimate of drug-likeness (QED) is 0.0321. The number of hydrogen-bond donors (Lipinski definition) is 7. The molecule has 0 spiro atoms. The van der Waals surface area contributed by atoms with Crippen LogP contribution in [0.1, 0.15) is 66.8 Å². The van der Waals surface area contributed by atoms with Gasteiger partial charge in [0.25, 0.3) is 5.43 Å². The lowest BCUT2D eigenvalue weighted by Crippen LogP contribution is -2.15. The Bertz CT molecular complexity index is 3310. The Kier molecular flexibility index (Phi) is 13.9. The van der Waals surface area contributed by atoms with Crippen LogP contribution in [0, 0.1) is 0 Å². The number of benzene rings is 8. The molecular formula is C64H49N2O6+. The molecule has 0 unspecified atom stereocenters. The number of nitrogen functional groups attached to an aromatic ring is 2. The van der Waals surface area contributed by atoms with Gasteiger partial charge in [-0.1, -0.05) is 194 Å². The Morgan fingerprint density at radius 2 is 0.500 bits per heavy atom. The first-order valence-electron chi connectivity index (χ1n) is 23.1. The molecule has 72 heavy (non-hydrogen) atoms. The first kappa shape index (κ1) is 47.2.